The van der Waals surface area contributed by atoms with E-state index in [2.05, 4.69) is 0 Å². The fourth-order valence-corrected chi connectivity index (χ4v) is 6.03. The van der Waals surface area contributed by atoms with E-state index in [4.69, 9.17) is 26.1 Å². The second-order valence-corrected chi connectivity index (χ2v) is 10.4. The number of halogens is 2. The van der Waals surface area contributed by atoms with E-state index < -0.39 is 17.7 Å². The molecule has 3 aromatic rings. The molecule has 1 atom stereocenters. The summed E-state index contributed by atoms with van der Waals surface area (Å²) >= 11 is 5.95. The maximum absolute atomic E-state index is 14.5. The highest BCUT2D eigenvalue weighted by atomic mass is 35.5. The second kappa shape index (κ2) is 10.8. The number of carbonyl (C=O) groups excluding carboxylic acids is 1. The first kappa shape index (κ1) is 26.3. The quantitative estimate of drug-likeness (QED) is 0.417. The van der Waals surface area contributed by atoms with Gasteiger partial charge in [0.25, 0.3) is 0 Å². The summed E-state index contributed by atoms with van der Waals surface area (Å²) < 4.78 is 26.8. The Morgan fingerprint density at radius 1 is 1.21 bits per heavy atom. The fraction of sp³-hybridized carbons (Fsp3) is 0.464. The van der Waals surface area contributed by atoms with E-state index in [0.29, 0.717) is 19.5 Å². The molecule has 10 heteroatoms. The topological polar surface area (TPSA) is 93.9 Å². The van der Waals surface area contributed by atoms with Crippen LogP contribution in [0, 0.1) is 5.82 Å². The minimum atomic E-state index is -1.10. The van der Waals surface area contributed by atoms with Gasteiger partial charge in [-0.1, -0.05) is 36.9 Å². The molecule has 38 heavy (non-hydrogen) atoms. The zero-order valence-corrected chi connectivity index (χ0v) is 22.3. The van der Waals surface area contributed by atoms with E-state index in [-0.39, 0.29) is 34.9 Å². The molecule has 8 nitrogen and oxygen atoms in total. The van der Waals surface area contributed by atoms with E-state index in [1.165, 1.54) is 26.7 Å². The number of benzene rings is 2. The smallest absolute Gasteiger partial charge is 0.409 e. The normalized spacial score (nSPS) is 16.8. The van der Waals surface area contributed by atoms with Gasteiger partial charge in [-0.15, -0.1) is 0 Å². The molecule has 2 heterocycles. The van der Waals surface area contributed by atoms with Crippen molar-refractivity contribution in [1.82, 2.24) is 14.5 Å². The summed E-state index contributed by atoms with van der Waals surface area (Å²) in [6, 6.07) is 6.48. The maximum Gasteiger partial charge on any atom is 0.409 e. The Hall–Kier alpha value is -3.33. The SMILES string of the molecule is COC(=O)N1CCc2ccc3c(nc(C4CCCCC4)n3C[C@@H](C(=O)O)c3cc(F)c(Cl)cc3OC)c2C1. The predicted octanol–water partition coefficient (Wildman–Crippen LogP) is 5.88. The zero-order chi connectivity index (χ0) is 27.0. The Balaban J connectivity index is 1.65. The number of imidazole rings is 1. The van der Waals surface area contributed by atoms with Crippen molar-refractivity contribution in [2.45, 2.75) is 63.5 Å². The standard InChI is InChI=1S/C28H31ClFN3O5/c1-37-24-13-21(29)22(30)12-18(24)20(27(34)35)15-33-23-9-8-16-10-11-32(28(36)38-2)14-19(16)25(23)31-26(33)17-6-4-3-5-7-17/h8-9,12-13,17,20H,3-7,10-11,14-15H2,1-2H3,(H,34,35)/t20-/m1/s1. The molecule has 1 fully saturated rings. The summed E-state index contributed by atoms with van der Waals surface area (Å²) in [5.74, 6) is -1.66. The Bertz CT molecular complexity index is 1380. The molecular formula is C28H31ClFN3O5. The number of aliphatic carboxylic acids is 1. The highest BCUT2D eigenvalue weighted by molar-refractivity contribution is 6.30. The van der Waals surface area contributed by atoms with E-state index in [0.717, 1.165) is 59.7 Å². The number of fused-ring (bicyclic) bond motifs is 3. The van der Waals surface area contributed by atoms with Gasteiger partial charge < -0.3 is 24.0 Å². The van der Waals surface area contributed by atoms with Crippen LogP contribution >= 0.6 is 11.6 Å². The van der Waals surface area contributed by atoms with Gasteiger partial charge in [0.2, 0.25) is 0 Å². The van der Waals surface area contributed by atoms with Crippen molar-refractivity contribution in [3.05, 3.63) is 57.6 Å². The number of carboxylic acids is 1. The lowest BCUT2D eigenvalue weighted by Crippen LogP contribution is -2.35. The molecule has 1 amide bonds. The monoisotopic (exact) mass is 543 g/mol. The highest BCUT2D eigenvalue weighted by Crippen LogP contribution is 2.39. The van der Waals surface area contributed by atoms with Gasteiger partial charge in [-0.2, -0.15) is 0 Å². The lowest BCUT2D eigenvalue weighted by atomic mass is 9.88. The molecule has 1 saturated carbocycles. The molecule has 5 rings (SSSR count). The number of hydrogen-bond acceptors (Lipinski definition) is 5. The molecule has 2 aliphatic rings. The van der Waals surface area contributed by atoms with Crippen LogP contribution in [0.1, 0.15) is 66.5 Å². The molecule has 1 N–H and O–H groups in total. The van der Waals surface area contributed by atoms with Crippen LogP contribution in [-0.2, 0) is 29.0 Å². The Labute approximate surface area is 225 Å². The average Bonchev–Trinajstić information content (AvgIpc) is 3.31. The molecule has 0 radical (unpaired) electrons. The summed E-state index contributed by atoms with van der Waals surface area (Å²) in [6.07, 6.45) is 5.57. The maximum atomic E-state index is 14.5. The molecule has 0 spiro atoms. The summed E-state index contributed by atoms with van der Waals surface area (Å²) in [6.45, 7) is 0.984. The molecule has 1 aromatic heterocycles. The number of aromatic nitrogens is 2. The molecule has 0 bridgehead atoms. The van der Waals surface area contributed by atoms with Gasteiger partial charge in [-0.05, 0) is 37.0 Å². The Kier molecular flexibility index (Phi) is 7.47. The molecular weight excluding hydrogens is 513 g/mol. The number of ether oxygens (including phenoxy) is 2. The Morgan fingerprint density at radius 2 is 1.97 bits per heavy atom. The van der Waals surface area contributed by atoms with Gasteiger partial charge in [-0.25, -0.2) is 14.2 Å². The molecule has 202 valence electrons. The summed E-state index contributed by atoms with van der Waals surface area (Å²) in [5.41, 5.74) is 3.87. The predicted molar refractivity (Wildman–Crippen MR) is 140 cm³/mol. The molecule has 1 aliphatic carbocycles. The van der Waals surface area contributed by atoms with Crippen molar-refractivity contribution >= 4 is 34.7 Å². The van der Waals surface area contributed by atoms with Crippen molar-refractivity contribution in [3.63, 3.8) is 0 Å². The first-order valence-corrected chi connectivity index (χ1v) is 13.3. The van der Waals surface area contributed by atoms with E-state index >= 15 is 0 Å². The first-order chi connectivity index (χ1) is 18.3. The van der Waals surface area contributed by atoms with Crippen molar-refractivity contribution in [2.75, 3.05) is 20.8 Å². The minimum absolute atomic E-state index is 0.0502. The number of carboxylic acid groups (broad SMARTS) is 1. The number of hydrogen-bond donors (Lipinski definition) is 1. The lowest BCUT2D eigenvalue weighted by molar-refractivity contribution is -0.139. The first-order valence-electron chi connectivity index (χ1n) is 12.9. The van der Waals surface area contributed by atoms with E-state index in [1.807, 2.05) is 16.7 Å². The van der Waals surface area contributed by atoms with Crippen LogP contribution in [0.2, 0.25) is 5.02 Å². The number of rotatable bonds is 6. The summed E-state index contributed by atoms with van der Waals surface area (Å²) in [4.78, 5) is 31.6. The average molecular weight is 544 g/mol. The Morgan fingerprint density at radius 3 is 2.66 bits per heavy atom. The molecule has 0 saturated heterocycles. The van der Waals surface area contributed by atoms with Crippen LogP contribution in [0.5, 0.6) is 5.75 Å². The zero-order valence-electron chi connectivity index (χ0n) is 21.5. The number of amides is 1. The molecule has 1 aliphatic heterocycles. The summed E-state index contributed by atoms with van der Waals surface area (Å²) in [7, 11) is 2.78. The van der Waals surface area contributed by atoms with Gasteiger partial charge in [0.1, 0.15) is 23.3 Å². The lowest BCUT2D eigenvalue weighted by Gasteiger charge is -2.27. The molecule has 2 aromatic carbocycles. The fourth-order valence-electron chi connectivity index (χ4n) is 5.88. The number of carbonyl (C=O) groups is 2. The molecule has 0 unspecified atom stereocenters. The van der Waals surface area contributed by atoms with Crippen LogP contribution < -0.4 is 4.74 Å². The summed E-state index contributed by atoms with van der Waals surface area (Å²) in [5, 5.41) is 10.2. The van der Waals surface area contributed by atoms with Gasteiger partial charge >= 0.3 is 12.1 Å². The van der Waals surface area contributed by atoms with Crippen LogP contribution in [-0.4, -0.2) is 52.4 Å². The van der Waals surface area contributed by atoms with Crippen LogP contribution in [0.25, 0.3) is 11.0 Å². The van der Waals surface area contributed by atoms with Gasteiger partial charge in [-0.3, -0.25) is 4.79 Å². The van der Waals surface area contributed by atoms with Gasteiger partial charge in [0, 0.05) is 36.2 Å². The van der Waals surface area contributed by atoms with Crippen LogP contribution in [0.3, 0.4) is 0 Å². The second-order valence-electron chi connectivity index (χ2n) is 10.0. The van der Waals surface area contributed by atoms with Crippen LogP contribution in [0.4, 0.5) is 9.18 Å². The largest absolute Gasteiger partial charge is 0.496 e. The number of nitrogens with zero attached hydrogens (tertiary/aromatic N) is 3. The third-order valence-corrected chi connectivity index (χ3v) is 8.16. The van der Waals surface area contributed by atoms with Crippen molar-refractivity contribution in [1.29, 1.82) is 0 Å². The highest BCUT2D eigenvalue weighted by Gasteiger charge is 2.32. The number of methoxy groups -OCH3 is 2. The van der Waals surface area contributed by atoms with Crippen molar-refractivity contribution in [2.24, 2.45) is 0 Å². The van der Waals surface area contributed by atoms with Gasteiger partial charge in [0.15, 0.2) is 0 Å². The third-order valence-electron chi connectivity index (χ3n) is 7.87. The van der Waals surface area contributed by atoms with Crippen molar-refractivity contribution in [3.8, 4) is 5.75 Å². The van der Waals surface area contributed by atoms with Crippen molar-refractivity contribution < 1.29 is 28.6 Å². The minimum Gasteiger partial charge on any atom is -0.496 e. The van der Waals surface area contributed by atoms with Gasteiger partial charge in [0.05, 0.1) is 36.8 Å². The van der Waals surface area contributed by atoms with E-state index in [9.17, 15) is 19.1 Å². The third kappa shape index (κ3) is 4.79. The van der Waals surface area contributed by atoms with E-state index in [1.54, 1.807) is 4.90 Å². The van der Waals surface area contributed by atoms with Crippen LogP contribution in [0.15, 0.2) is 24.3 Å².